The van der Waals surface area contributed by atoms with Crippen LogP contribution in [-0.2, 0) is 6.54 Å². The summed E-state index contributed by atoms with van der Waals surface area (Å²) in [6.07, 6.45) is 3.66. The lowest BCUT2D eigenvalue weighted by Crippen LogP contribution is -2.34. The number of ether oxygens (including phenoxy) is 1. The first-order valence-electron chi connectivity index (χ1n) is 11.2. The van der Waals surface area contributed by atoms with Gasteiger partial charge in [-0.3, -0.25) is 4.90 Å². The minimum absolute atomic E-state index is 0.136. The number of benzene rings is 2. The Balaban J connectivity index is 1.36. The zero-order valence-electron chi connectivity index (χ0n) is 18.4. The van der Waals surface area contributed by atoms with Gasteiger partial charge in [0.05, 0.1) is 0 Å². The highest BCUT2D eigenvalue weighted by Gasteiger charge is 2.26. The van der Waals surface area contributed by atoms with Crippen molar-refractivity contribution in [3.63, 3.8) is 0 Å². The molecule has 2 aromatic heterocycles. The molecule has 0 bridgehead atoms. The number of nitrogens with zero attached hydrogens (tertiary/aromatic N) is 4. The fourth-order valence-corrected chi connectivity index (χ4v) is 4.21. The molecule has 34 heavy (non-hydrogen) atoms. The second-order valence-electron chi connectivity index (χ2n) is 8.15. The number of hydrogen-bond donors (Lipinski definition) is 0. The molecule has 0 amide bonds. The Morgan fingerprint density at radius 1 is 1.06 bits per heavy atom. The van der Waals surface area contributed by atoms with Crippen molar-refractivity contribution >= 4 is 22.8 Å². The van der Waals surface area contributed by atoms with Gasteiger partial charge in [0.1, 0.15) is 17.9 Å². The molecule has 5 nitrogen and oxygen atoms in total. The normalized spacial score (nSPS) is 15.8. The highest BCUT2D eigenvalue weighted by Crippen LogP contribution is 2.24. The third-order valence-electron chi connectivity index (χ3n) is 5.81. The number of rotatable bonds is 5. The number of pyridine rings is 1. The SMILES string of the molecule is Fc1cc(Cl)ccc1CN1CCC[C@@H]1COc1nc2cccnc2nc1C#Cc1ccccc1. The monoisotopic (exact) mass is 472 g/mol. The van der Waals surface area contributed by atoms with Gasteiger partial charge in [0.25, 0.3) is 0 Å². The first-order valence-corrected chi connectivity index (χ1v) is 11.5. The number of hydrogen-bond acceptors (Lipinski definition) is 5. The van der Waals surface area contributed by atoms with Gasteiger partial charge in [0, 0.05) is 34.9 Å². The van der Waals surface area contributed by atoms with Crippen molar-refractivity contribution in [2.24, 2.45) is 0 Å². The maximum Gasteiger partial charge on any atom is 0.249 e. The van der Waals surface area contributed by atoms with E-state index >= 15 is 0 Å². The summed E-state index contributed by atoms with van der Waals surface area (Å²) in [5.41, 5.74) is 3.12. The van der Waals surface area contributed by atoms with E-state index in [0.29, 0.717) is 46.5 Å². The van der Waals surface area contributed by atoms with Crippen molar-refractivity contribution in [1.29, 1.82) is 0 Å². The van der Waals surface area contributed by atoms with Crippen LogP contribution < -0.4 is 4.74 Å². The molecule has 0 saturated carbocycles. The van der Waals surface area contributed by atoms with E-state index in [1.807, 2.05) is 42.5 Å². The molecule has 0 unspecified atom stereocenters. The van der Waals surface area contributed by atoms with Crippen molar-refractivity contribution in [2.75, 3.05) is 13.2 Å². The molecule has 1 aliphatic rings. The fraction of sp³-hybridized carbons (Fsp3) is 0.222. The standard InChI is InChI=1S/C27H22ClFN4O/c28-21-12-11-20(23(29)16-21)17-33-15-5-8-22(33)18-34-27-25(13-10-19-6-2-1-3-7-19)31-26-24(32-27)9-4-14-30-26/h1-4,6-7,9,11-12,14,16,22H,5,8,15,17-18H2/t22-/m1/s1. The van der Waals surface area contributed by atoms with Crippen LogP contribution >= 0.6 is 11.6 Å². The van der Waals surface area contributed by atoms with E-state index < -0.39 is 0 Å². The summed E-state index contributed by atoms with van der Waals surface area (Å²) in [4.78, 5) is 15.8. The van der Waals surface area contributed by atoms with Gasteiger partial charge in [-0.2, -0.15) is 0 Å². The van der Waals surface area contributed by atoms with Gasteiger partial charge in [-0.25, -0.2) is 19.3 Å². The Morgan fingerprint density at radius 3 is 2.79 bits per heavy atom. The van der Waals surface area contributed by atoms with Gasteiger partial charge in [-0.05, 0) is 61.7 Å². The van der Waals surface area contributed by atoms with Crippen molar-refractivity contribution in [3.05, 3.63) is 94.5 Å². The van der Waals surface area contributed by atoms with Crippen LogP contribution in [0.5, 0.6) is 5.88 Å². The van der Waals surface area contributed by atoms with Crippen molar-refractivity contribution in [1.82, 2.24) is 19.9 Å². The average Bonchev–Trinajstić information content (AvgIpc) is 3.30. The molecule has 4 aromatic rings. The van der Waals surface area contributed by atoms with E-state index in [2.05, 4.69) is 31.7 Å². The smallest absolute Gasteiger partial charge is 0.249 e. The summed E-state index contributed by atoms with van der Waals surface area (Å²) in [6, 6.07) is 18.3. The topological polar surface area (TPSA) is 51.1 Å². The van der Waals surface area contributed by atoms with Gasteiger partial charge in [0.15, 0.2) is 11.3 Å². The zero-order chi connectivity index (χ0) is 23.3. The molecule has 3 heterocycles. The fourth-order valence-electron chi connectivity index (χ4n) is 4.05. The summed E-state index contributed by atoms with van der Waals surface area (Å²) < 4.78 is 20.5. The Kier molecular flexibility index (Phi) is 6.66. The number of halogens is 2. The second-order valence-corrected chi connectivity index (χ2v) is 8.59. The molecule has 0 radical (unpaired) electrons. The molecule has 0 spiro atoms. The van der Waals surface area contributed by atoms with Gasteiger partial charge < -0.3 is 4.74 Å². The number of likely N-dealkylation sites (tertiary alicyclic amines) is 1. The summed E-state index contributed by atoms with van der Waals surface area (Å²) in [6.45, 7) is 1.80. The van der Waals surface area contributed by atoms with Gasteiger partial charge in [-0.1, -0.05) is 41.8 Å². The molecule has 2 aromatic carbocycles. The molecule has 1 atom stereocenters. The molecule has 0 N–H and O–H groups in total. The molecule has 7 heteroatoms. The molecule has 1 saturated heterocycles. The first kappa shape index (κ1) is 22.3. The van der Waals surface area contributed by atoms with E-state index in [4.69, 9.17) is 16.3 Å². The molecular formula is C27H22ClFN4O. The van der Waals surface area contributed by atoms with Crippen LogP contribution in [0.15, 0.2) is 66.9 Å². The lowest BCUT2D eigenvalue weighted by atomic mass is 10.2. The van der Waals surface area contributed by atoms with Crippen LogP contribution in [0.1, 0.15) is 29.7 Å². The van der Waals surface area contributed by atoms with Crippen LogP contribution in [0.4, 0.5) is 4.39 Å². The molecule has 0 aliphatic carbocycles. The third kappa shape index (κ3) is 5.17. The van der Waals surface area contributed by atoms with Crippen LogP contribution in [-0.4, -0.2) is 39.0 Å². The Morgan fingerprint density at radius 2 is 1.94 bits per heavy atom. The predicted octanol–water partition coefficient (Wildman–Crippen LogP) is 5.26. The van der Waals surface area contributed by atoms with Crippen molar-refractivity contribution in [2.45, 2.75) is 25.4 Å². The van der Waals surface area contributed by atoms with E-state index in [1.54, 1.807) is 18.3 Å². The lowest BCUT2D eigenvalue weighted by Gasteiger charge is -2.24. The largest absolute Gasteiger partial charge is 0.474 e. The number of fused-ring (bicyclic) bond motifs is 1. The quantitative estimate of drug-likeness (QED) is 0.371. The van der Waals surface area contributed by atoms with Crippen LogP contribution in [0.2, 0.25) is 5.02 Å². The Bertz CT molecular complexity index is 1370. The molecule has 5 rings (SSSR count). The van der Waals surface area contributed by atoms with E-state index in [0.717, 1.165) is 24.9 Å². The minimum atomic E-state index is -0.287. The summed E-state index contributed by atoms with van der Waals surface area (Å²) in [7, 11) is 0. The van der Waals surface area contributed by atoms with Crippen LogP contribution in [0.25, 0.3) is 11.2 Å². The highest BCUT2D eigenvalue weighted by molar-refractivity contribution is 6.30. The van der Waals surface area contributed by atoms with E-state index in [9.17, 15) is 4.39 Å². The predicted molar refractivity (Wildman–Crippen MR) is 130 cm³/mol. The van der Waals surface area contributed by atoms with Crippen LogP contribution in [0.3, 0.4) is 0 Å². The summed E-state index contributed by atoms with van der Waals surface area (Å²) in [5, 5.41) is 0.399. The maximum absolute atomic E-state index is 14.3. The first-order chi connectivity index (χ1) is 16.7. The third-order valence-corrected chi connectivity index (χ3v) is 6.04. The molecule has 170 valence electrons. The van der Waals surface area contributed by atoms with Gasteiger partial charge in [0.2, 0.25) is 5.88 Å². The summed E-state index contributed by atoms with van der Waals surface area (Å²) >= 11 is 5.90. The molecular weight excluding hydrogens is 451 g/mol. The van der Waals surface area contributed by atoms with Crippen LogP contribution in [0, 0.1) is 17.7 Å². The molecule has 1 fully saturated rings. The Labute approximate surface area is 202 Å². The molecule has 1 aliphatic heterocycles. The minimum Gasteiger partial charge on any atom is -0.474 e. The van der Waals surface area contributed by atoms with E-state index in [-0.39, 0.29) is 11.9 Å². The van der Waals surface area contributed by atoms with Crippen molar-refractivity contribution in [3.8, 4) is 17.7 Å². The Hall–Kier alpha value is -3.53. The van der Waals surface area contributed by atoms with Crippen molar-refractivity contribution < 1.29 is 9.13 Å². The lowest BCUT2D eigenvalue weighted by molar-refractivity contribution is 0.162. The second kappa shape index (κ2) is 10.2. The zero-order valence-corrected chi connectivity index (χ0v) is 19.2. The van der Waals surface area contributed by atoms with Gasteiger partial charge in [-0.15, -0.1) is 0 Å². The number of aromatic nitrogens is 3. The summed E-state index contributed by atoms with van der Waals surface area (Å²) in [5.74, 6) is 6.32. The highest BCUT2D eigenvalue weighted by atomic mass is 35.5. The maximum atomic E-state index is 14.3. The average molecular weight is 473 g/mol. The van der Waals surface area contributed by atoms with E-state index in [1.165, 1.54) is 6.07 Å². The van der Waals surface area contributed by atoms with Gasteiger partial charge >= 0.3 is 0 Å².